The molecule has 3 rings (SSSR count). The second kappa shape index (κ2) is 5.41. The Labute approximate surface area is 124 Å². The molecule has 1 aromatic heterocycles. The summed E-state index contributed by atoms with van der Waals surface area (Å²) < 4.78 is 5.67. The molecule has 0 N–H and O–H groups in total. The molecule has 0 saturated carbocycles. The summed E-state index contributed by atoms with van der Waals surface area (Å²) in [6.45, 7) is 7.19. The summed E-state index contributed by atoms with van der Waals surface area (Å²) in [6.07, 6.45) is 1.04. The van der Waals surface area contributed by atoms with Crippen LogP contribution in [0.4, 0.5) is 0 Å². The predicted octanol–water partition coefficient (Wildman–Crippen LogP) is 4.59. The van der Waals surface area contributed by atoms with Crippen LogP contribution in [0.2, 0.25) is 0 Å². The standard InChI is InChI=1S/C17H19NOS/c1-4-15-10-19-17(18-15)14-7-5-13(6-8-14)16-9-11(2)20-12(16)3/h5-9,15H,4,10H2,1-3H3/t15-/m1/s1. The fourth-order valence-corrected chi connectivity index (χ4v) is 3.44. The Morgan fingerprint density at radius 2 is 1.90 bits per heavy atom. The molecule has 0 unspecified atom stereocenters. The first-order chi connectivity index (χ1) is 9.67. The Morgan fingerprint density at radius 1 is 1.20 bits per heavy atom. The molecule has 3 heteroatoms. The highest BCUT2D eigenvalue weighted by Gasteiger charge is 2.18. The van der Waals surface area contributed by atoms with Gasteiger partial charge in [-0.1, -0.05) is 19.1 Å². The van der Waals surface area contributed by atoms with Gasteiger partial charge in [0.1, 0.15) is 6.61 Å². The molecule has 0 fully saturated rings. The summed E-state index contributed by atoms with van der Waals surface area (Å²) in [5.74, 6) is 0.793. The Morgan fingerprint density at radius 3 is 2.45 bits per heavy atom. The van der Waals surface area contributed by atoms with Crippen molar-refractivity contribution in [1.29, 1.82) is 0 Å². The van der Waals surface area contributed by atoms with Crippen LogP contribution in [0.5, 0.6) is 0 Å². The van der Waals surface area contributed by atoms with Gasteiger partial charge in [0.15, 0.2) is 0 Å². The molecule has 20 heavy (non-hydrogen) atoms. The average molecular weight is 285 g/mol. The summed E-state index contributed by atoms with van der Waals surface area (Å²) in [6, 6.07) is 11.1. The number of hydrogen-bond donors (Lipinski definition) is 0. The van der Waals surface area contributed by atoms with E-state index in [1.54, 1.807) is 0 Å². The van der Waals surface area contributed by atoms with Crippen LogP contribution in [-0.4, -0.2) is 18.5 Å². The highest BCUT2D eigenvalue weighted by Crippen LogP contribution is 2.30. The smallest absolute Gasteiger partial charge is 0.216 e. The number of aryl methyl sites for hydroxylation is 2. The minimum absolute atomic E-state index is 0.325. The number of benzene rings is 1. The molecular formula is C17H19NOS. The third-order valence-corrected chi connectivity index (χ3v) is 4.63. The lowest BCUT2D eigenvalue weighted by molar-refractivity contribution is 0.315. The molecule has 0 saturated heterocycles. The third kappa shape index (κ3) is 2.50. The molecule has 2 nitrogen and oxygen atoms in total. The van der Waals surface area contributed by atoms with Gasteiger partial charge in [-0.3, -0.25) is 0 Å². The third-order valence-electron chi connectivity index (χ3n) is 3.67. The minimum atomic E-state index is 0.325. The fraction of sp³-hybridized carbons (Fsp3) is 0.353. The van der Waals surface area contributed by atoms with Gasteiger partial charge in [0, 0.05) is 15.3 Å². The van der Waals surface area contributed by atoms with E-state index in [0.29, 0.717) is 6.04 Å². The zero-order chi connectivity index (χ0) is 14.1. The fourth-order valence-electron chi connectivity index (χ4n) is 2.49. The molecular weight excluding hydrogens is 266 g/mol. The number of ether oxygens (including phenoxy) is 1. The second-order valence-corrected chi connectivity index (χ2v) is 6.67. The van der Waals surface area contributed by atoms with Crippen molar-refractivity contribution in [3.8, 4) is 11.1 Å². The van der Waals surface area contributed by atoms with Gasteiger partial charge in [-0.15, -0.1) is 11.3 Å². The van der Waals surface area contributed by atoms with Crippen molar-refractivity contribution in [2.45, 2.75) is 33.2 Å². The number of thiophene rings is 1. The van der Waals surface area contributed by atoms with Gasteiger partial charge < -0.3 is 4.74 Å². The SMILES string of the molecule is CC[C@@H]1COC(c2ccc(-c3cc(C)sc3C)cc2)=N1. The Balaban J connectivity index is 1.87. The first-order valence-electron chi connectivity index (χ1n) is 7.06. The molecule has 0 bridgehead atoms. The zero-order valence-corrected chi connectivity index (χ0v) is 13.0. The Kier molecular flexibility index (Phi) is 3.62. The largest absolute Gasteiger partial charge is 0.475 e. The van der Waals surface area contributed by atoms with E-state index < -0.39 is 0 Å². The summed E-state index contributed by atoms with van der Waals surface area (Å²) in [4.78, 5) is 7.33. The van der Waals surface area contributed by atoms with E-state index in [1.807, 2.05) is 11.3 Å². The van der Waals surface area contributed by atoms with E-state index in [0.717, 1.165) is 24.5 Å². The van der Waals surface area contributed by atoms with Crippen LogP contribution in [0.3, 0.4) is 0 Å². The lowest BCUT2D eigenvalue weighted by Gasteiger charge is -2.04. The van der Waals surface area contributed by atoms with Crippen molar-refractivity contribution in [2.75, 3.05) is 6.61 Å². The molecule has 2 heterocycles. The lowest BCUT2D eigenvalue weighted by atomic mass is 10.0. The molecule has 1 atom stereocenters. The maximum Gasteiger partial charge on any atom is 0.216 e. The predicted molar refractivity (Wildman–Crippen MR) is 85.8 cm³/mol. The summed E-state index contributed by atoms with van der Waals surface area (Å²) in [5, 5.41) is 0. The second-order valence-electron chi connectivity index (χ2n) is 5.21. The van der Waals surface area contributed by atoms with Crippen LogP contribution in [0.25, 0.3) is 11.1 Å². The van der Waals surface area contributed by atoms with Gasteiger partial charge >= 0.3 is 0 Å². The van der Waals surface area contributed by atoms with Gasteiger partial charge in [0.25, 0.3) is 0 Å². The van der Waals surface area contributed by atoms with Crippen LogP contribution in [0.1, 0.15) is 28.7 Å². The van der Waals surface area contributed by atoms with E-state index in [4.69, 9.17) is 4.74 Å². The molecule has 0 aliphatic carbocycles. The zero-order valence-electron chi connectivity index (χ0n) is 12.1. The first kappa shape index (κ1) is 13.4. The average Bonchev–Trinajstić information content (AvgIpc) is 3.05. The molecule has 1 aliphatic rings. The highest BCUT2D eigenvalue weighted by atomic mass is 32.1. The normalized spacial score (nSPS) is 17.9. The number of hydrogen-bond acceptors (Lipinski definition) is 3. The topological polar surface area (TPSA) is 21.6 Å². The van der Waals surface area contributed by atoms with Crippen molar-refractivity contribution in [3.63, 3.8) is 0 Å². The van der Waals surface area contributed by atoms with E-state index in [1.165, 1.54) is 20.9 Å². The highest BCUT2D eigenvalue weighted by molar-refractivity contribution is 7.12. The van der Waals surface area contributed by atoms with Crippen LogP contribution in [-0.2, 0) is 4.74 Å². The summed E-state index contributed by atoms with van der Waals surface area (Å²) >= 11 is 1.85. The lowest BCUT2D eigenvalue weighted by Crippen LogP contribution is -2.03. The van der Waals surface area contributed by atoms with Gasteiger partial charge in [-0.05, 0) is 49.6 Å². The maximum absolute atomic E-state index is 5.67. The quantitative estimate of drug-likeness (QED) is 0.808. The maximum atomic E-state index is 5.67. The van der Waals surface area contributed by atoms with Crippen molar-refractivity contribution in [1.82, 2.24) is 0 Å². The van der Waals surface area contributed by atoms with Crippen molar-refractivity contribution in [3.05, 3.63) is 45.6 Å². The van der Waals surface area contributed by atoms with E-state index in [2.05, 4.69) is 56.1 Å². The molecule has 1 aliphatic heterocycles. The molecule has 104 valence electrons. The minimum Gasteiger partial charge on any atom is -0.475 e. The first-order valence-corrected chi connectivity index (χ1v) is 7.87. The number of nitrogens with zero attached hydrogens (tertiary/aromatic N) is 1. The van der Waals surface area contributed by atoms with Crippen LogP contribution >= 0.6 is 11.3 Å². The van der Waals surface area contributed by atoms with E-state index in [-0.39, 0.29) is 0 Å². The van der Waals surface area contributed by atoms with Crippen molar-refractivity contribution in [2.24, 2.45) is 4.99 Å². The number of rotatable bonds is 3. The number of aliphatic imine (C=N–C) groups is 1. The van der Waals surface area contributed by atoms with Crippen molar-refractivity contribution >= 4 is 17.2 Å². The van der Waals surface area contributed by atoms with E-state index in [9.17, 15) is 0 Å². The van der Waals surface area contributed by atoms with Crippen LogP contribution < -0.4 is 0 Å². The van der Waals surface area contributed by atoms with Crippen LogP contribution in [0.15, 0.2) is 35.3 Å². The van der Waals surface area contributed by atoms with Gasteiger partial charge in [0.2, 0.25) is 5.90 Å². The molecule has 0 spiro atoms. The van der Waals surface area contributed by atoms with Crippen molar-refractivity contribution < 1.29 is 4.74 Å². The summed E-state index contributed by atoms with van der Waals surface area (Å²) in [7, 11) is 0. The van der Waals surface area contributed by atoms with Gasteiger partial charge in [-0.2, -0.15) is 0 Å². The van der Waals surface area contributed by atoms with Gasteiger partial charge in [0.05, 0.1) is 6.04 Å². The molecule has 1 aromatic carbocycles. The summed E-state index contributed by atoms with van der Waals surface area (Å²) in [5.41, 5.74) is 3.68. The van der Waals surface area contributed by atoms with Gasteiger partial charge in [-0.25, -0.2) is 4.99 Å². The Hall–Kier alpha value is -1.61. The molecule has 0 radical (unpaired) electrons. The monoisotopic (exact) mass is 285 g/mol. The van der Waals surface area contributed by atoms with E-state index >= 15 is 0 Å². The Bertz CT molecular complexity index is 640. The molecule has 0 amide bonds. The van der Waals surface area contributed by atoms with Crippen LogP contribution in [0, 0.1) is 13.8 Å². The molecule has 2 aromatic rings.